The SMILES string of the molecule is CC(C)(N)c1noc(CSc2ccc(N)cn2)n1. The molecule has 18 heavy (non-hydrogen) atoms. The minimum atomic E-state index is -0.591. The van der Waals surface area contributed by atoms with Crippen LogP contribution >= 0.6 is 11.8 Å². The van der Waals surface area contributed by atoms with Crippen LogP contribution in [0.25, 0.3) is 0 Å². The highest BCUT2D eigenvalue weighted by Crippen LogP contribution is 2.21. The summed E-state index contributed by atoms with van der Waals surface area (Å²) in [5.74, 6) is 1.59. The summed E-state index contributed by atoms with van der Waals surface area (Å²) >= 11 is 1.50. The fourth-order valence-electron chi connectivity index (χ4n) is 1.19. The molecule has 0 amide bonds. The molecule has 0 aromatic carbocycles. The molecule has 0 aliphatic carbocycles. The first kappa shape index (κ1) is 12.8. The van der Waals surface area contributed by atoms with Gasteiger partial charge >= 0.3 is 0 Å². The Hall–Kier alpha value is -1.60. The van der Waals surface area contributed by atoms with Crippen molar-refractivity contribution in [1.82, 2.24) is 15.1 Å². The van der Waals surface area contributed by atoms with E-state index in [-0.39, 0.29) is 0 Å². The summed E-state index contributed by atoms with van der Waals surface area (Å²) in [5, 5.41) is 4.71. The van der Waals surface area contributed by atoms with Gasteiger partial charge in [0, 0.05) is 0 Å². The zero-order valence-corrected chi connectivity index (χ0v) is 11.1. The van der Waals surface area contributed by atoms with E-state index in [0.29, 0.717) is 23.2 Å². The molecule has 0 spiro atoms. The molecule has 0 saturated carbocycles. The van der Waals surface area contributed by atoms with Gasteiger partial charge in [-0.05, 0) is 26.0 Å². The van der Waals surface area contributed by atoms with Crippen molar-refractivity contribution in [2.75, 3.05) is 5.73 Å². The first-order valence-electron chi connectivity index (χ1n) is 5.41. The van der Waals surface area contributed by atoms with Gasteiger partial charge in [0.2, 0.25) is 5.89 Å². The Morgan fingerprint density at radius 1 is 1.39 bits per heavy atom. The van der Waals surface area contributed by atoms with Crippen LogP contribution in [0.15, 0.2) is 27.9 Å². The highest BCUT2D eigenvalue weighted by molar-refractivity contribution is 7.98. The summed E-state index contributed by atoms with van der Waals surface area (Å²) < 4.78 is 5.12. The molecule has 4 N–H and O–H groups in total. The maximum atomic E-state index is 5.88. The Morgan fingerprint density at radius 3 is 2.72 bits per heavy atom. The second kappa shape index (κ2) is 4.95. The summed E-state index contributed by atoms with van der Waals surface area (Å²) in [6.07, 6.45) is 1.62. The molecule has 0 radical (unpaired) electrons. The first-order chi connectivity index (χ1) is 8.45. The molecular weight excluding hydrogens is 250 g/mol. The minimum absolute atomic E-state index is 0.503. The number of thioether (sulfide) groups is 1. The van der Waals surface area contributed by atoms with Crippen LogP contribution in [0.1, 0.15) is 25.6 Å². The number of nitrogens with two attached hydrogens (primary N) is 2. The van der Waals surface area contributed by atoms with E-state index >= 15 is 0 Å². The van der Waals surface area contributed by atoms with E-state index in [1.165, 1.54) is 11.8 Å². The molecular formula is C11H15N5OS. The highest BCUT2D eigenvalue weighted by Gasteiger charge is 2.21. The summed E-state index contributed by atoms with van der Waals surface area (Å²) in [6.45, 7) is 3.66. The molecule has 2 aromatic heterocycles. The zero-order valence-electron chi connectivity index (χ0n) is 10.3. The highest BCUT2D eigenvalue weighted by atomic mass is 32.2. The van der Waals surface area contributed by atoms with Crippen molar-refractivity contribution in [3.8, 4) is 0 Å². The Balaban J connectivity index is 1.98. The van der Waals surface area contributed by atoms with Crippen molar-refractivity contribution in [2.45, 2.75) is 30.2 Å². The van der Waals surface area contributed by atoms with Gasteiger partial charge in [0.15, 0.2) is 5.82 Å². The molecule has 96 valence electrons. The first-order valence-corrected chi connectivity index (χ1v) is 6.40. The molecule has 7 heteroatoms. The third kappa shape index (κ3) is 3.21. The maximum absolute atomic E-state index is 5.88. The van der Waals surface area contributed by atoms with E-state index in [2.05, 4.69) is 15.1 Å². The van der Waals surface area contributed by atoms with Crippen LogP contribution in [-0.4, -0.2) is 15.1 Å². The topological polar surface area (TPSA) is 104 Å². The number of nitrogens with zero attached hydrogens (tertiary/aromatic N) is 3. The molecule has 2 rings (SSSR count). The van der Waals surface area contributed by atoms with Gasteiger partial charge in [0.05, 0.1) is 28.2 Å². The quantitative estimate of drug-likeness (QED) is 0.808. The number of nitrogen functional groups attached to an aromatic ring is 1. The monoisotopic (exact) mass is 265 g/mol. The second-order valence-corrected chi connectivity index (χ2v) is 5.45. The Kier molecular flexibility index (Phi) is 3.53. The van der Waals surface area contributed by atoms with Crippen LogP contribution in [-0.2, 0) is 11.3 Å². The van der Waals surface area contributed by atoms with Gasteiger partial charge in [0.25, 0.3) is 0 Å². The molecule has 0 fully saturated rings. The van der Waals surface area contributed by atoms with Crippen molar-refractivity contribution >= 4 is 17.4 Å². The van der Waals surface area contributed by atoms with E-state index in [1.807, 2.05) is 19.9 Å². The Bertz CT molecular complexity index is 517. The fraction of sp³-hybridized carbons (Fsp3) is 0.364. The number of anilines is 1. The van der Waals surface area contributed by atoms with E-state index in [0.717, 1.165) is 5.03 Å². The van der Waals surface area contributed by atoms with Crippen molar-refractivity contribution in [2.24, 2.45) is 5.73 Å². The lowest BCUT2D eigenvalue weighted by Gasteiger charge is -2.11. The molecule has 0 saturated heterocycles. The normalized spacial score (nSPS) is 11.7. The van der Waals surface area contributed by atoms with Crippen LogP contribution in [0.5, 0.6) is 0 Å². The molecule has 6 nitrogen and oxygen atoms in total. The number of rotatable bonds is 4. The molecule has 2 heterocycles. The molecule has 0 bridgehead atoms. The summed E-state index contributed by atoms with van der Waals surface area (Å²) in [6, 6.07) is 3.65. The van der Waals surface area contributed by atoms with E-state index in [1.54, 1.807) is 12.3 Å². The second-order valence-electron chi connectivity index (χ2n) is 4.45. The van der Waals surface area contributed by atoms with Gasteiger partial charge in [-0.3, -0.25) is 0 Å². The molecule has 0 atom stereocenters. The fourth-order valence-corrected chi connectivity index (χ4v) is 1.87. The Labute approximate surface area is 109 Å². The van der Waals surface area contributed by atoms with Crippen molar-refractivity contribution in [1.29, 1.82) is 0 Å². The smallest absolute Gasteiger partial charge is 0.237 e. The van der Waals surface area contributed by atoms with Gasteiger partial charge in [-0.15, -0.1) is 0 Å². The lowest BCUT2D eigenvalue weighted by molar-refractivity contribution is 0.370. The molecule has 2 aromatic rings. The standard InChI is InChI=1S/C11H15N5OS/c1-11(2,13)10-15-8(17-16-10)6-18-9-4-3-7(12)5-14-9/h3-5H,6,12-13H2,1-2H3. The van der Waals surface area contributed by atoms with Crippen molar-refractivity contribution in [3.63, 3.8) is 0 Å². The van der Waals surface area contributed by atoms with E-state index in [9.17, 15) is 0 Å². The van der Waals surface area contributed by atoms with E-state index < -0.39 is 5.54 Å². The number of pyridine rings is 1. The number of aromatic nitrogens is 3. The zero-order chi connectivity index (χ0) is 13.2. The molecule has 0 aliphatic rings. The van der Waals surface area contributed by atoms with Gasteiger partial charge in [0.1, 0.15) is 0 Å². The van der Waals surface area contributed by atoms with Crippen LogP contribution in [0, 0.1) is 0 Å². The van der Waals surface area contributed by atoms with Crippen LogP contribution in [0.2, 0.25) is 0 Å². The lowest BCUT2D eigenvalue weighted by atomic mass is 10.1. The van der Waals surface area contributed by atoms with Crippen molar-refractivity contribution in [3.05, 3.63) is 30.0 Å². The summed E-state index contributed by atoms with van der Waals surface area (Å²) in [5.41, 5.74) is 11.5. The van der Waals surface area contributed by atoms with Gasteiger partial charge in [-0.25, -0.2) is 4.98 Å². The van der Waals surface area contributed by atoms with Crippen LogP contribution in [0.3, 0.4) is 0 Å². The predicted molar refractivity (Wildman–Crippen MR) is 69.7 cm³/mol. The van der Waals surface area contributed by atoms with Gasteiger partial charge in [-0.1, -0.05) is 16.9 Å². The van der Waals surface area contributed by atoms with Gasteiger partial charge < -0.3 is 16.0 Å². The predicted octanol–water partition coefficient (Wildman–Crippen LogP) is 1.53. The third-order valence-corrected chi connectivity index (χ3v) is 3.08. The third-order valence-electron chi connectivity index (χ3n) is 2.15. The summed E-state index contributed by atoms with van der Waals surface area (Å²) in [4.78, 5) is 8.41. The maximum Gasteiger partial charge on any atom is 0.237 e. The van der Waals surface area contributed by atoms with Crippen LogP contribution < -0.4 is 11.5 Å². The molecule has 0 aliphatic heterocycles. The number of hydrogen-bond donors (Lipinski definition) is 2. The average molecular weight is 265 g/mol. The largest absolute Gasteiger partial charge is 0.397 e. The molecule has 0 unspecified atom stereocenters. The Morgan fingerprint density at radius 2 is 2.17 bits per heavy atom. The van der Waals surface area contributed by atoms with Crippen LogP contribution in [0.4, 0.5) is 5.69 Å². The van der Waals surface area contributed by atoms with E-state index in [4.69, 9.17) is 16.0 Å². The number of hydrogen-bond acceptors (Lipinski definition) is 7. The van der Waals surface area contributed by atoms with Crippen molar-refractivity contribution < 1.29 is 4.52 Å². The van der Waals surface area contributed by atoms with Gasteiger partial charge in [-0.2, -0.15) is 4.98 Å². The summed E-state index contributed by atoms with van der Waals surface area (Å²) in [7, 11) is 0. The lowest BCUT2D eigenvalue weighted by Crippen LogP contribution is -2.30. The average Bonchev–Trinajstić information content (AvgIpc) is 2.77. The minimum Gasteiger partial charge on any atom is -0.397 e.